The highest BCUT2D eigenvalue weighted by atomic mass is 32.1. The Bertz CT molecular complexity index is 2240. The van der Waals surface area contributed by atoms with Gasteiger partial charge in [0.2, 0.25) is 0 Å². The standard InChI is InChI=1S/C37H31F2N3O5S/c1-21-7-5-6-8-29(21)41-35(43)33-22(2)40-37-42(34(33)24-10-13-27(45-3)14-11-24)36(44)32(48-37)18-23-9-15-30(46-4)25(17-23)20-47-31-16-12-26(38)19-28(31)39/h5-19,34H,20H2,1-4H3,(H,41,43)/b32-18-. The summed E-state index contributed by atoms with van der Waals surface area (Å²) in [7, 11) is 3.07. The number of halogens is 2. The number of methoxy groups -OCH3 is 2. The minimum absolute atomic E-state index is 0.0648. The Labute approximate surface area is 278 Å². The van der Waals surface area contributed by atoms with Crippen LogP contribution >= 0.6 is 11.3 Å². The Kier molecular flexibility index (Phi) is 9.22. The lowest BCUT2D eigenvalue weighted by Crippen LogP contribution is -2.40. The van der Waals surface area contributed by atoms with Crippen molar-refractivity contribution in [1.82, 2.24) is 4.57 Å². The van der Waals surface area contributed by atoms with Crippen LogP contribution in [-0.2, 0) is 11.4 Å². The molecule has 0 saturated carbocycles. The molecule has 0 aliphatic carbocycles. The first-order valence-electron chi connectivity index (χ1n) is 14.9. The lowest BCUT2D eigenvalue weighted by molar-refractivity contribution is -0.113. The molecule has 1 aromatic heterocycles. The highest BCUT2D eigenvalue weighted by Gasteiger charge is 2.32. The van der Waals surface area contributed by atoms with Crippen LogP contribution in [0.3, 0.4) is 0 Å². The van der Waals surface area contributed by atoms with Gasteiger partial charge in [0, 0.05) is 17.3 Å². The van der Waals surface area contributed by atoms with E-state index < -0.39 is 17.7 Å². The summed E-state index contributed by atoms with van der Waals surface area (Å²) in [5.41, 5.74) is 4.04. The van der Waals surface area contributed by atoms with E-state index in [0.29, 0.717) is 54.5 Å². The number of hydrogen-bond donors (Lipinski definition) is 1. The summed E-state index contributed by atoms with van der Waals surface area (Å²) >= 11 is 1.21. The molecule has 5 aromatic rings. The van der Waals surface area contributed by atoms with E-state index >= 15 is 0 Å². The molecule has 1 amide bonds. The van der Waals surface area contributed by atoms with E-state index in [0.717, 1.165) is 17.7 Å². The molecule has 244 valence electrons. The first-order chi connectivity index (χ1) is 23.2. The Hall–Kier alpha value is -5.55. The number of allylic oxidation sites excluding steroid dienone is 1. The van der Waals surface area contributed by atoms with Crippen molar-refractivity contribution in [1.29, 1.82) is 0 Å². The first-order valence-corrected chi connectivity index (χ1v) is 15.8. The summed E-state index contributed by atoms with van der Waals surface area (Å²) in [6.07, 6.45) is 1.72. The van der Waals surface area contributed by atoms with Crippen LogP contribution in [0.25, 0.3) is 6.08 Å². The van der Waals surface area contributed by atoms with Gasteiger partial charge in [0.15, 0.2) is 16.4 Å². The fraction of sp³-hybridized carbons (Fsp3) is 0.162. The van der Waals surface area contributed by atoms with E-state index in [-0.39, 0.29) is 23.8 Å². The van der Waals surface area contributed by atoms with Gasteiger partial charge in [0.05, 0.1) is 36.1 Å². The number of carbonyl (C=O) groups is 1. The fourth-order valence-corrected chi connectivity index (χ4v) is 6.56. The molecule has 4 aromatic carbocycles. The number of aryl methyl sites for hydroxylation is 1. The minimum Gasteiger partial charge on any atom is -0.497 e. The number of para-hydroxylation sites is 1. The SMILES string of the molecule is COc1ccc(C2C(C(=O)Nc3ccccc3C)=C(C)N=c3s/c(=C\c4ccc(OC)c(COc5ccc(F)cc5F)c4)c(=O)n32)cc1. The highest BCUT2D eigenvalue weighted by Crippen LogP contribution is 2.32. The molecular formula is C37H31F2N3O5S. The van der Waals surface area contributed by atoms with Crippen molar-refractivity contribution in [2.45, 2.75) is 26.5 Å². The average molecular weight is 668 g/mol. The Morgan fingerprint density at radius 2 is 1.71 bits per heavy atom. The number of fused-ring (bicyclic) bond motifs is 1. The molecule has 6 rings (SSSR count). The number of benzene rings is 4. The van der Waals surface area contributed by atoms with Crippen LogP contribution in [0, 0.1) is 18.6 Å². The summed E-state index contributed by atoms with van der Waals surface area (Å²) in [5.74, 6) is -0.856. The molecule has 0 spiro atoms. The topological polar surface area (TPSA) is 91.2 Å². The molecule has 1 aliphatic heterocycles. The van der Waals surface area contributed by atoms with Gasteiger partial charge in [-0.2, -0.15) is 0 Å². The average Bonchev–Trinajstić information content (AvgIpc) is 3.38. The monoisotopic (exact) mass is 667 g/mol. The van der Waals surface area contributed by atoms with Crippen molar-refractivity contribution >= 4 is 29.0 Å². The van der Waals surface area contributed by atoms with E-state index in [1.807, 2.05) is 43.3 Å². The summed E-state index contributed by atoms with van der Waals surface area (Å²) in [5, 5.41) is 3.01. The van der Waals surface area contributed by atoms with Gasteiger partial charge in [-0.1, -0.05) is 47.7 Å². The van der Waals surface area contributed by atoms with Gasteiger partial charge in [0.1, 0.15) is 23.9 Å². The fourth-order valence-electron chi connectivity index (χ4n) is 5.52. The zero-order chi connectivity index (χ0) is 33.9. The number of nitrogens with zero attached hydrogens (tertiary/aromatic N) is 2. The molecule has 8 nitrogen and oxygen atoms in total. The van der Waals surface area contributed by atoms with Gasteiger partial charge >= 0.3 is 0 Å². The van der Waals surface area contributed by atoms with Gasteiger partial charge in [-0.25, -0.2) is 13.8 Å². The normalized spacial score (nSPS) is 14.3. The molecule has 1 aliphatic rings. The Balaban J connectivity index is 1.41. The number of carbonyl (C=O) groups excluding carboxylic acids is 1. The number of rotatable bonds is 9. The van der Waals surface area contributed by atoms with Gasteiger partial charge in [-0.05, 0) is 79.1 Å². The highest BCUT2D eigenvalue weighted by molar-refractivity contribution is 7.07. The summed E-state index contributed by atoms with van der Waals surface area (Å²) in [6, 6.07) is 22.3. The van der Waals surface area contributed by atoms with E-state index in [1.165, 1.54) is 24.5 Å². The number of hydrogen-bond acceptors (Lipinski definition) is 7. The molecule has 0 fully saturated rings. The third-order valence-corrected chi connectivity index (χ3v) is 8.95. The van der Waals surface area contributed by atoms with Crippen LogP contribution in [0.5, 0.6) is 17.2 Å². The van der Waals surface area contributed by atoms with Crippen molar-refractivity contribution in [3.63, 3.8) is 0 Å². The molecule has 1 N–H and O–H groups in total. The maximum Gasteiger partial charge on any atom is 0.271 e. The molecule has 0 bridgehead atoms. The van der Waals surface area contributed by atoms with E-state index in [1.54, 1.807) is 55.0 Å². The molecule has 1 atom stereocenters. The Morgan fingerprint density at radius 3 is 2.42 bits per heavy atom. The summed E-state index contributed by atoms with van der Waals surface area (Å²) in [4.78, 5) is 33.3. The third kappa shape index (κ3) is 6.50. The second kappa shape index (κ2) is 13.7. The van der Waals surface area contributed by atoms with Crippen LogP contribution in [0.1, 0.15) is 35.2 Å². The number of amides is 1. The van der Waals surface area contributed by atoms with E-state index in [2.05, 4.69) is 5.32 Å². The molecule has 2 heterocycles. The molecular weight excluding hydrogens is 636 g/mol. The van der Waals surface area contributed by atoms with Crippen LogP contribution in [0.2, 0.25) is 0 Å². The lowest BCUT2D eigenvalue weighted by atomic mass is 9.95. The maximum absolute atomic E-state index is 14.2. The Morgan fingerprint density at radius 1 is 0.958 bits per heavy atom. The predicted octanol–water partition coefficient (Wildman–Crippen LogP) is 6.06. The predicted molar refractivity (Wildman–Crippen MR) is 180 cm³/mol. The zero-order valence-corrected chi connectivity index (χ0v) is 27.4. The lowest BCUT2D eigenvalue weighted by Gasteiger charge is -2.25. The maximum atomic E-state index is 14.2. The van der Waals surface area contributed by atoms with E-state index in [4.69, 9.17) is 19.2 Å². The minimum atomic E-state index is -0.820. The van der Waals surface area contributed by atoms with Crippen LogP contribution < -0.4 is 34.4 Å². The second-order valence-corrected chi connectivity index (χ2v) is 12.1. The van der Waals surface area contributed by atoms with Crippen molar-refractivity contribution in [3.05, 3.63) is 150 Å². The summed E-state index contributed by atoms with van der Waals surface area (Å²) < 4.78 is 46.0. The number of aromatic nitrogens is 1. The van der Waals surface area contributed by atoms with Crippen molar-refractivity contribution in [2.24, 2.45) is 4.99 Å². The number of nitrogens with one attached hydrogen (secondary N) is 1. The second-order valence-electron chi connectivity index (χ2n) is 11.1. The van der Waals surface area contributed by atoms with Crippen LogP contribution in [0.15, 0.2) is 106 Å². The number of thiazole rings is 1. The molecule has 11 heteroatoms. The summed E-state index contributed by atoms with van der Waals surface area (Å²) in [6.45, 7) is 3.61. The van der Waals surface area contributed by atoms with Gasteiger partial charge in [0.25, 0.3) is 11.5 Å². The smallest absolute Gasteiger partial charge is 0.271 e. The molecule has 0 radical (unpaired) electrons. The molecule has 0 saturated heterocycles. The number of ether oxygens (including phenoxy) is 3. The third-order valence-electron chi connectivity index (χ3n) is 7.97. The first kappa shape index (κ1) is 32.4. The van der Waals surface area contributed by atoms with Gasteiger partial charge in [-0.3, -0.25) is 14.2 Å². The van der Waals surface area contributed by atoms with Crippen molar-refractivity contribution in [3.8, 4) is 17.2 Å². The largest absolute Gasteiger partial charge is 0.497 e. The number of anilines is 1. The van der Waals surface area contributed by atoms with Crippen molar-refractivity contribution < 1.29 is 27.8 Å². The van der Waals surface area contributed by atoms with E-state index in [9.17, 15) is 18.4 Å². The van der Waals surface area contributed by atoms with Gasteiger partial charge in [-0.15, -0.1) is 0 Å². The molecule has 48 heavy (non-hydrogen) atoms. The van der Waals surface area contributed by atoms with Crippen LogP contribution in [0.4, 0.5) is 14.5 Å². The van der Waals surface area contributed by atoms with Crippen molar-refractivity contribution in [2.75, 3.05) is 19.5 Å². The molecule has 1 unspecified atom stereocenters. The van der Waals surface area contributed by atoms with Gasteiger partial charge < -0.3 is 19.5 Å². The van der Waals surface area contributed by atoms with Crippen LogP contribution in [-0.4, -0.2) is 24.7 Å². The quantitative estimate of drug-likeness (QED) is 0.207. The zero-order valence-electron chi connectivity index (χ0n) is 26.5.